The fourth-order valence-corrected chi connectivity index (χ4v) is 1.85. The van der Waals surface area contributed by atoms with Crippen LogP contribution in [-0.4, -0.2) is 26.2 Å². The van der Waals surface area contributed by atoms with Gasteiger partial charge < -0.3 is 9.47 Å². The molecule has 22 heavy (non-hydrogen) atoms. The maximum Gasteiger partial charge on any atom is 0.338 e. The number of carbonyl (C=O) groups is 2. The van der Waals surface area contributed by atoms with E-state index in [0.29, 0.717) is 0 Å². The summed E-state index contributed by atoms with van der Waals surface area (Å²) < 4.78 is 9.05. The maximum absolute atomic E-state index is 11.2. The van der Waals surface area contributed by atoms with E-state index in [1.165, 1.54) is 37.2 Å². The zero-order valence-electron chi connectivity index (χ0n) is 12.8. The summed E-state index contributed by atoms with van der Waals surface area (Å²) in [5.74, 6) is -1.10. The van der Waals surface area contributed by atoms with Crippen LogP contribution in [0.15, 0.2) is 48.5 Å². The van der Waals surface area contributed by atoms with Gasteiger partial charge in [0.2, 0.25) is 0 Å². The highest BCUT2D eigenvalue weighted by molar-refractivity contribution is 7.27. The van der Waals surface area contributed by atoms with Crippen molar-refractivity contribution < 1.29 is 19.1 Å². The van der Waals surface area contributed by atoms with Crippen molar-refractivity contribution >= 4 is 26.5 Å². The topological polar surface area (TPSA) is 52.6 Å². The Labute approximate surface area is 132 Å². The average molecular weight is 318 g/mol. The van der Waals surface area contributed by atoms with E-state index in [1.54, 1.807) is 12.1 Å². The van der Waals surface area contributed by atoms with Crippen molar-refractivity contribution in [3.8, 4) is 0 Å². The first kappa shape index (κ1) is 17.9. The van der Waals surface area contributed by atoms with Crippen molar-refractivity contribution in [2.45, 2.75) is 6.92 Å². The van der Waals surface area contributed by atoms with Gasteiger partial charge in [0.25, 0.3) is 0 Å². The van der Waals surface area contributed by atoms with Crippen LogP contribution in [0.3, 0.4) is 0 Å². The lowest BCUT2D eigenvalue weighted by molar-refractivity contribution is 0.0555. The lowest BCUT2D eigenvalue weighted by Crippen LogP contribution is -2.11. The van der Waals surface area contributed by atoms with E-state index in [4.69, 9.17) is 0 Å². The van der Waals surface area contributed by atoms with Crippen LogP contribution in [0.25, 0.3) is 0 Å². The number of aryl methyl sites for hydroxylation is 1. The third kappa shape index (κ3) is 4.97. The smallest absolute Gasteiger partial charge is 0.338 e. The fourth-order valence-electron chi connectivity index (χ4n) is 1.65. The van der Waals surface area contributed by atoms with Crippen LogP contribution in [0.5, 0.6) is 0 Å². The molecule has 0 aliphatic carbocycles. The van der Waals surface area contributed by atoms with E-state index in [0.717, 1.165) is 0 Å². The number of rotatable bonds is 2. The number of methoxy groups -OCH3 is 2. The van der Waals surface area contributed by atoms with Crippen LogP contribution in [0.2, 0.25) is 0 Å². The average Bonchev–Trinajstić information content (AvgIpc) is 2.56. The number of ether oxygens (including phenoxy) is 2. The molecule has 1 atom stereocenters. The van der Waals surface area contributed by atoms with Crippen LogP contribution >= 0.6 is 9.24 Å². The molecule has 0 amide bonds. The van der Waals surface area contributed by atoms with Crippen molar-refractivity contribution in [1.29, 1.82) is 0 Å². The SMILES string of the molecule is COC(=O)c1ccccc1C(=O)OC.Cc1ccccc1P. The molecule has 116 valence electrons. The summed E-state index contributed by atoms with van der Waals surface area (Å²) in [6.07, 6.45) is 0. The number of hydrogen-bond acceptors (Lipinski definition) is 4. The number of esters is 2. The molecule has 0 saturated heterocycles. The Kier molecular flexibility index (Phi) is 7.27. The van der Waals surface area contributed by atoms with Crippen molar-refractivity contribution in [2.75, 3.05) is 14.2 Å². The molecule has 0 spiro atoms. The summed E-state index contributed by atoms with van der Waals surface area (Å²) >= 11 is 0. The second-order valence-electron chi connectivity index (χ2n) is 4.39. The highest BCUT2D eigenvalue weighted by Crippen LogP contribution is 2.10. The first-order chi connectivity index (χ1) is 10.5. The molecule has 0 aliphatic rings. The molecule has 1 unspecified atom stereocenters. The van der Waals surface area contributed by atoms with Crippen molar-refractivity contribution in [3.63, 3.8) is 0 Å². The van der Waals surface area contributed by atoms with Gasteiger partial charge in [-0.3, -0.25) is 0 Å². The third-order valence-electron chi connectivity index (χ3n) is 2.93. The first-order valence-electron chi connectivity index (χ1n) is 6.58. The van der Waals surface area contributed by atoms with Gasteiger partial charge in [-0.15, -0.1) is 9.24 Å². The van der Waals surface area contributed by atoms with Gasteiger partial charge in [-0.05, 0) is 29.9 Å². The van der Waals surface area contributed by atoms with Crippen LogP contribution in [0.4, 0.5) is 0 Å². The van der Waals surface area contributed by atoms with E-state index in [1.807, 2.05) is 12.1 Å². The minimum atomic E-state index is -0.550. The Bertz CT molecular complexity index is 597. The molecule has 2 aromatic rings. The highest BCUT2D eigenvalue weighted by atomic mass is 31.0. The molecular formula is C17H19O4P. The van der Waals surface area contributed by atoms with Crippen LogP contribution in [0, 0.1) is 6.92 Å². The molecule has 0 saturated carbocycles. The molecule has 0 fully saturated rings. The van der Waals surface area contributed by atoms with Crippen LogP contribution in [0.1, 0.15) is 26.3 Å². The number of hydrogen-bond donors (Lipinski definition) is 0. The molecule has 0 aromatic heterocycles. The lowest BCUT2D eigenvalue weighted by Gasteiger charge is -2.04. The molecule has 0 aliphatic heterocycles. The van der Waals surface area contributed by atoms with Gasteiger partial charge in [-0.1, -0.05) is 36.4 Å². The summed E-state index contributed by atoms with van der Waals surface area (Å²) in [6.45, 7) is 2.10. The predicted octanol–water partition coefficient (Wildman–Crippen LogP) is 2.76. The van der Waals surface area contributed by atoms with Crippen LogP contribution < -0.4 is 5.30 Å². The molecule has 4 nitrogen and oxygen atoms in total. The first-order valence-corrected chi connectivity index (χ1v) is 7.15. The Morgan fingerprint density at radius 3 is 1.55 bits per heavy atom. The van der Waals surface area contributed by atoms with Gasteiger partial charge in [-0.2, -0.15) is 0 Å². The van der Waals surface area contributed by atoms with E-state index in [9.17, 15) is 9.59 Å². The molecule has 0 bridgehead atoms. The summed E-state index contributed by atoms with van der Waals surface area (Å²) in [5.41, 5.74) is 1.75. The van der Waals surface area contributed by atoms with Crippen molar-refractivity contribution in [1.82, 2.24) is 0 Å². The molecule has 2 aromatic carbocycles. The van der Waals surface area contributed by atoms with E-state index in [-0.39, 0.29) is 11.1 Å². The summed E-state index contributed by atoms with van der Waals surface area (Å²) in [5, 5.41) is 1.28. The molecular weight excluding hydrogens is 299 g/mol. The largest absolute Gasteiger partial charge is 0.465 e. The van der Waals surface area contributed by atoms with Gasteiger partial charge in [0, 0.05) is 0 Å². The van der Waals surface area contributed by atoms with Gasteiger partial charge in [-0.25, -0.2) is 9.59 Å². The number of carbonyl (C=O) groups excluding carboxylic acids is 2. The van der Waals surface area contributed by atoms with Gasteiger partial charge in [0.15, 0.2) is 0 Å². The summed E-state index contributed by atoms with van der Waals surface area (Å²) in [6, 6.07) is 14.6. The standard InChI is InChI=1S/C10H10O4.C7H9P/c1-13-9(11)7-5-3-4-6-8(7)10(12)14-2;1-6-4-2-3-5-7(6)8/h3-6H,1-2H3;2-5H,8H2,1H3. The Hall–Kier alpha value is -2.19. The summed E-state index contributed by atoms with van der Waals surface area (Å²) in [4.78, 5) is 22.4. The Morgan fingerprint density at radius 2 is 1.23 bits per heavy atom. The highest BCUT2D eigenvalue weighted by Gasteiger charge is 2.16. The van der Waals surface area contributed by atoms with Gasteiger partial charge in [0.1, 0.15) is 0 Å². The lowest BCUT2D eigenvalue weighted by atomic mass is 10.1. The zero-order chi connectivity index (χ0) is 16.5. The number of benzene rings is 2. The monoisotopic (exact) mass is 318 g/mol. The zero-order valence-corrected chi connectivity index (χ0v) is 14.0. The minimum Gasteiger partial charge on any atom is -0.465 e. The minimum absolute atomic E-state index is 0.210. The third-order valence-corrected chi connectivity index (χ3v) is 3.57. The molecule has 0 radical (unpaired) electrons. The Balaban J connectivity index is 0.000000255. The summed E-state index contributed by atoms with van der Waals surface area (Å²) in [7, 11) is 5.21. The maximum atomic E-state index is 11.2. The van der Waals surface area contributed by atoms with Crippen molar-refractivity contribution in [2.24, 2.45) is 0 Å². The van der Waals surface area contributed by atoms with Crippen LogP contribution in [-0.2, 0) is 9.47 Å². The van der Waals surface area contributed by atoms with Gasteiger partial charge in [0.05, 0.1) is 25.3 Å². The normalized spacial score (nSPS) is 9.27. The molecule has 5 heteroatoms. The molecule has 0 N–H and O–H groups in total. The molecule has 0 heterocycles. The second-order valence-corrected chi connectivity index (χ2v) is 5.01. The quantitative estimate of drug-likeness (QED) is 0.631. The molecule has 2 rings (SSSR count). The second kappa shape index (κ2) is 8.96. The Morgan fingerprint density at radius 1 is 0.818 bits per heavy atom. The van der Waals surface area contributed by atoms with E-state index < -0.39 is 11.9 Å². The fraction of sp³-hybridized carbons (Fsp3) is 0.176. The van der Waals surface area contributed by atoms with Gasteiger partial charge >= 0.3 is 11.9 Å². The predicted molar refractivity (Wildman–Crippen MR) is 89.6 cm³/mol. The van der Waals surface area contributed by atoms with Crippen molar-refractivity contribution in [3.05, 3.63) is 65.2 Å². The van der Waals surface area contributed by atoms with E-state index in [2.05, 4.69) is 37.8 Å². The van der Waals surface area contributed by atoms with E-state index >= 15 is 0 Å².